The third-order valence-corrected chi connectivity index (χ3v) is 2.13. The average Bonchev–Trinajstić information content (AvgIpc) is 2.09. The lowest BCUT2D eigenvalue weighted by Gasteiger charge is -2.07. The molecule has 1 aromatic rings. The van der Waals surface area contributed by atoms with Crippen LogP contribution in [-0.2, 0) is 4.79 Å². The lowest BCUT2D eigenvalue weighted by atomic mass is 10.2. The Kier molecular flexibility index (Phi) is 3.29. The summed E-state index contributed by atoms with van der Waals surface area (Å²) in [4.78, 5) is 10.2. The van der Waals surface area contributed by atoms with E-state index in [1.54, 1.807) is 0 Å². The van der Waals surface area contributed by atoms with Gasteiger partial charge in [0.25, 0.3) is 0 Å². The Bertz CT molecular complexity index is 371. The van der Waals surface area contributed by atoms with Crippen LogP contribution in [0.15, 0.2) is 16.6 Å². The largest absolute Gasteiger partial charge is 0.480 e. The van der Waals surface area contributed by atoms with Gasteiger partial charge in [0, 0.05) is 6.07 Å². The number of rotatable bonds is 3. The maximum Gasteiger partial charge on any atom is 0.322 e. The molecular formula is C8H8BrFN2O2. The van der Waals surface area contributed by atoms with Crippen molar-refractivity contribution in [3.8, 4) is 0 Å². The van der Waals surface area contributed by atoms with Crippen LogP contribution in [0.1, 0.15) is 0 Å². The Morgan fingerprint density at radius 1 is 1.64 bits per heavy atom. The first kappa shape index (κ1) is 10.8. The van der Waals surface area contributed by atoms with Gasteiger partial charge in [-0.25, -0.2) is 4.39 Å². The van der Waals surface area contributed by atoms with E-state index in [1.807, 2.05) is 0 Å². The first-order valence-corrected chi connectivity index (χ1v) is 4.50. The van der Waals surface area contributed by atoms with Gasteiger partial charge in [-0.3, -0.25) is 4.79 Å². The molecule has 0 bridgehead atoms. The number of hydrogen-bond acceptors (Lipinski definition) is 3. The lowest BCUT2D eigenvalue weighted by molar-refractivity contribution is -0.134. The molecule has 76 valence electrons. The van der Waals surface area contributed by atoms with E-state index in [1.165, 1.54) is 6.07 Å². The van der Waals surface area contributed by atoms with E-state index in [2.05, 4.69) is 21.2 Å². The third-order valence-electron chi connectivity index (χ3n) is 1.52. The molecule has 0 fully saturated rings. The van der Waals surface area contributed by atoms with E-state index in [-0.39, 0.29) is 16.7 Å². The van der Waals surface area contributed by atoms with Gasteiger partial charge in [-0.05, 0) is 22.0 Å². The van der Waals surface area contributed by atoms with Crippen LogP contribution in [0.5, 0.6) is 0 Å². The molecule has 1 rings (SSSR count). The normalized spacial score (nSPS) is 9.86. The Hall–Kier alpha value is -1.30. The molecule has 0 radical (unpaired) electrons. The number of carboxylic acid groups (broad SMARTS) is 1. The zero-order valence-corrected chi connectivity index (χ0v) is 8.64. The van der Waals surface area contributed by atoms with Crippen LogP contribution >= 0.6 is 15.9 Å². The number of nitrogen functional groups attached to an aromatic ring is 1. The van der Waals surface area contributed by atoms with E-state index in [0.29, 0.717) is 5.69 Å². The van der Waals surface area contributed by atoms with Crippen LogP contribution < -0.4 is 11.1 Å². The van der Waals surface area contributed by atoms with E-state index >= 15 is 0 Å². The van der Waals surface area contributed by atoms with Crippen molar-refractivity contribution in [2.24, 2.45) is 0 Å². The maximum atomic E-state index is 12.9. The molecule has 0 unspecified atom stereocenters. The number of carboxylic acids is 1. The molecule has 0 aliphatic rings. The van der Waals surface area contributed by atoms with Crippen LogP contribution in [0.4, 0.5) is 15.8 Å². The molecule has 6 heteroatoms. The molecule has 0 heterocycles. The average molecular weight is 263 g/mol. The van der Waals surface area contributed by atoms with Crippen LogP contribution in [-0.4, -0.2) is 17.6 Å². The van der Waals surface area contributed by atoms with Crippen LogP contribution in [0.3, 0.4) is 0 Å². The van der Waals surface area contributed by atoms with Crippen LogP contribution in [0.25, 0.3) is 0 Å². The molecule has 0 aromatic heterocycles. The zero-order valence-electron chi connectivity index (χ0n) is 7.05. The van der Waals surface area contributed by atoms with Crippen molar-refractivity contribution in [1.29, 1.82) is 0 Å². The molecule has 14 heavy (non-hydrogen) atoms. The summed E-state index contributed by atoms with van der Waals surface area (Å²) in [5, 5.41) is 11.0. The quantitative estimate of drug-likeness (QED) is 0.725. The number of benzene rings is 1. The number of hydrogen-bond donors (Lipinski definition) is 3. The fraction of sp³-hybridized carbons (Fsp3) is 0.125. The Morgan fingerprint density at radius 3 is 2.86 bits per heavy atom. The fourth-order valence-electron chi connectivity index (χ4n) is 0.886. The van der Waals surface area contributed by atoms with Crippen molar-refractivity contribution < 1.29 is 14.3 Å². The van der Waals surface area contributed by atoms with Crippen molar-refractivity contribution >= 4 is 33.3 Å². The molecular weight excluding hydrogens is 255 g/mol. The van der Waals surface area contributed by atoms with Crippen molar-refractivity contribution in [3.63, 3.8) is 0 Å². The first-order valence-electron chi connectivity index (χ1n) is 3.71. The highest BCUT2D eigenvalue weighted by molar-refractivity contribution is 9.10. The molecule has 0 aliphatic carbocycles. The highest BCUT2D eigenvalue weighted by Crippen LogP contribution is 2.26. The van der Waals surface area contributed by atoms with Gasteiger partial charge in [0.2, 0.25) is 0 Å². The molecule has 0 aliphatic heterocycles. The topological polar surface area (TPSA) is 75.3 Å². The number of anilines is 2. The molecule has 0 saturated heterocycles. The van der Waals surface area contributed by atoms with E-state index < -0.39 is 11.8 Å². The molecule has 4 nitrogen and oxygen atoms in total. The molecule has 0 saturated carbocycles. The van der Waals surface area contributed by atoms with Gasteiger partial charge in [0.15, 0.2) is 0 Å². The van der Waals surface area contributed by atoms with Gasteiger partial charge < -0.3 is 16.2 Å². The summed E-state index contributed by atoms with van der Waals surface area (Å²) < 4.78 is 13.1. The minimum absolute atomic E-state index is 0.173. The molecule has 0 amide bonds. The van der Waals surface area contributed by atoms with Gasteiger partial charge in [0.1, 0.15) is 12.4 Å². The summed E-state index contributed by atoms with van der Waals surface area (Å²) in [6, 6.07) is 2.52. The zero-order chi connectivity index (χ0) is 10.7. The van der Waals surface area contributed by atoms with E-state index in [9.17, 15) is 9.18 Å². The maximum absolute atomic E-state index is 12.9. The lowest BCUT2D eigenvalue weighted by Crippen LogP contribution is -2.13. The summed E-state index contributed by atoms with van der Waals surface area (Å²) in [7, 11) is 0. The Balaban J connectivity index is 2.87. The molecule has 1 aromatic carbocycles. The Morgan fingerprint density at radius 2 is 2.29 bits per heavy atom. The number of nitrogens with one attached hydrogen (secondary N) is 1. The smallest absolute Gasteiger partial charge is 0.322 e. The van der Waals surface area contributed by atoms with Gasteiger partial charge in [0.05, 0.1) is 15.8 Å². The molecule has 0 spiro atoms. The second kappa shape index (κ2) is 4.28. The third kappa shape index (κ3) is 2.59. The van der Waals surface area contributed by atoms with E-state index in [0.717, 1.165) is 6.07 Å². The van der Waals surface area contributed by atoms with Gasteiger partial charge in [-0.1, -0.05) is 0 Å². The number of nitrogens with two attached hydrogens (primary N) is 1. The summed E-state index contributed by atoms with van der Waals surface area (Å²) in [5.74, 6) is -1.49. The predicted molar refractivity (Wildman–Crippen MR) is 54.6 cm³/mol. The second-order valence-corrected chi connectivity index (χ2v) is 3.46. The van der Waals surface area contributed by atoms with Crippen LogP contribution in [0, 0.1) is 5.82 Å². The summed E-state index contributed by atoms with van der Waals surface area (Å²) in [6.45, 7) is -0.262. The predicted octanol–water partition coefficient (Wildman–Crippen LogP) is 1.67. The minimum atomic E-state index is -1.01. The van der Waals surface area contributed by atoms with Gasteiger partial charge in [-0.15, -0.1) is 0 Å². The monoisotopic (exact) mass is 262 g/mol. The van der Waals surface area contributed by atoms with Gasteiger partial charge in [-0.2, -0.15) is 0 Å². The highest BCUT2D eigenvalue weighted by atomic mass is 79.9. The summed E-state index contributed by atoms with van der Waals surface area (Å²) in [6.07, 6.45) is 0. The van der Waals surface area contributed by atoms with Crippen molar-refractivity contribution in [1.82, 2.24) is 0 Å². The first-order chi connectivity index (χ1) is 6.50. The summed E-state index contributed by atoms with van der Waals surface area (Å²) >= 11 is 2.97. The molecule has 0 atom stereocenters. The summed E-state index contributed by atoms with van der Waals surface area (Å²) in [5.41, 5.74) is 6.02. The van der Waals surface area contributed by atoms with Crippen molar-refractivity contribution in [3.05, 3.63) is 22.4 Å². The fourth-order valence-corrected chi connectivity index (χ4v) is 1.23. The van der Waals surface area contributed by atoms with Crippen molar-refractivity contribution in [2.45, 2.75) is 0 Å². The number of halogens is 2. The highest BCUT2D eigenvalue weighted by Gasteiger charge is 2.06. The van der Waals surface area contributed by atoms with Crippen molar-refractivity contribution in [2.75, 3.05) is 17.6 Å². The Labute approximate surface area is 88.0 Å². The number of carbonyl (C=O) groups is 1. The molecule has 4 N–H and O–H groups in total. The standard InChI is InChI=1S/C8H8BrFN2O2/c9-4-1-7(12-3-8(13)14)6(11)2-5(4)10/h1-2,12H,3,11H2,(H,13,14). The van der Waals surface area contributed by atoms with E-state index in [4.69, 9.17) is 10.8 Å². The number of aliphatic carboxylic acids is 1. The minimum Gasteiger partial charge on any atom is -0.480 e. The SMILES string of the molecule is Nc1cc(F)c(Br)cc1NCC(=O)O. The van der Waals surface area contributed by atoms with Crippen LogP contribution in [0.2, 0.25) is 0 Å². The van der Waals surface area contributed by atoms with Gasteiger partial charge >= 0.3 is 5.97 Å². The second-order valence-electron chi connectivity index (χ2n) is 2.60.